The molecule has 41 heavy (non-hydrogen) atoms. The van der Waals surface area contributed by atoms with Gasteiger partial charge in [0, 0.05) is 44.0 Å². The van der Waals surface area contributed by atoms with Gasteiger partial charge in [-0.05, 0) is 75.8 Å². The quantitative estimate of drug-likeness (QED) is 0.325. The zero-order chi connectivity index (χ0) is 28.7. The number of benzene rings is 1. The molecule has 0 bridgehead atoms. The fourth-order valence-corrected chi connectivity index (χ4v) is 5.70. The number of ketones is 1. The number of Topliss-reactive ketones (excluding diaryl/α,β-unsaturated/α-hetero) is 1. The smallest absolute Gasteiger partial charge is 0.227 e. The molecule has 0 radical (unpaired) electrons. The van der Waals surface area contributed by atoms with Crippen molar-refractivity contribution in [3.8, 4) is 11.3 Å². The van der Waals surface area contributed by atoms with Gasteiger partial charge in [0.2, 0.25) is 5.95 Å². The van der Waals surface area contributed by atoms with Crippen LogP contribution in [0.4, 0.5) is 11.6 Å². The Labute approximate surface area is 239 Å². The summed E-state index contributed by atoms with van der Waals surface area (Å²) in [4.78, 5) is 25.0. The van der Waals surface area contributed by atoms with Crippen molar-refractivity contribution in [2.24, 2.45) is 7.05 Å². The predicted octanol–water partition coefficient (Wildman–Crippen LogP) is 4.05. The summed E-state index contributed by atoms with van der Waals surface area (Å²) in [5.41, 5.74) is 5.19. The minimum atomic E-state index is -0.237. The van der Waals surface area contributed by atoms with Crippen molar-refractivity contribution in [1.82, 2.24) is 39.6 Å². The third-order valence-corrected chi connectivity index (χ3v) is 8.14. The molecular weight excluding hydrogens is 518 g/mol. The van der Waals surface area contributed by atoms with E-state index in [0.717, 1.165) is 49.3 Å². The number of aliphatic hydroxyl groups is 1. The number of aromatic nitrogens is 7. The molecule has 2 N–H and O–H groups in total. The van der Waals surface area contributed by atoms with Gasteiger partial charge in [0.15, 0.2) is 5.78 Å². The highest BCUT2D eigenvalue weighted by atomic mass is 16.3. The standard InChI is InChI=1S/C30H37N9O2/c1-30(2,3)39-18-27(35-36-39)28(41)12-19-8-10-38(23-13-24(40)14-23)16-21-11-20(5-6-25(19)21)26-7-9-31-29(34-26)33-22-15-32-37(4)17-22/h5-7,9,11,15,17-19,23-24,40H,8,10,12-14,16H2,1-4H3,(H,31,33,34). The summed E-state index contributed by atoms with van der Waals surface area (Å²) in [5, 5.41) is 25.8. The Balaban J connectivity index is 1.28. The van der Waals surface area contributed by atoms with Crippen molar-refractivity contribution in [2.45, 2.75) is 76.6 Å². The minimum absolute atomic E-state index is 0.00922. The van der Waals surface area contributed by atoms with Gasteiger partial charge in [-0.3, -0.25) is 14.4 Å². The Hall–Kier alpha value is -3.96. The molecule has 2 aliphatic rings. The molecule has 1 unspecified atom stereocenters. The van der Waals surface area contributed by atoms with E-state index in [1.807, 2.05) is 40.1 Å². The lowest BCUT2D eigenvalue weighted by Crippen LogP contribution is -2.46. The largest absolute Gasteiger partial charge is 0.393 e. The third-order valence-electron chi connectivity index (χ3n) is 8.14. The molecule has 1 fully saturated rings. The molecule has 11 heteroatoms. The van der Waals surface area contributed by atoms with Gasteiger partial charge in [0.25, 0.3) is 0 Å². The van der Waals surface area contributed by atoms with Crippen molar-refractivity contribution in [2.75, 3.05) is 11.9 Å². The first kappa shape index (κ1) is 27.2. The summed E-state index contributed by atoms with van der Waals surface area (Å²) in [6, 6.07) is 8.71. The fraction of sp³-hybridized carbons (Fsp3) is 0.467. The zero-order valence-corrected chi connectivity index (χ0v) is 24.0. The average molecular weight is 556 g/mol. The summed E-state index contributed by atoms with van der Waals surface area (Å²) >= 11 is 0. The number of fused-ring (bicyclic) bond motifs is 1. The Bertz CT molecular complexity index is 1550. The molecule has 1 atom stereocenters. The number of carbonyl (C=O) groups excluding carboxylic acids is 1. The molecule has 1 aliphatic heterocycles. The average Bonchev–Trinajstić information content (AvgIpc) is 3.54. The Morgan fingerprint density at radius 2 is 2.00 bits per heavy atom. The van der Waals surface area contributed by atoms with Gasteiger partial charge in [-0.2, -0.15) is 5.10 Å². The van der Waals surface area contributed by atoms with Crippen molar-refractivity contribution < 1.29 is 9.90 Å². The van der Waals surface area contributed by atoms with Gasteiger partial charge >= 0.3 is 0 Å². The van der Waals surface area contributed by atoms with Gasteiger partial charge in [-0.25, -0.2) is 14.6 Å². The summed E-state index contributed by atoms with van der Waals surface area (Å²) in [6.07, 6.45) is 9.73. The highest BCUT2D eigenvalue weighted by Crippen LogP contribution is 2.37. The van der Waals surface area contributed by atoms with Gasteiger partial charge in [0.05, 0.1) is 35.4 Å². The van der Waals surface area contributed by atoms with Gasteiger partial charge < -0.3 is 10.4 Å². The third kappa shape index (κ3) is 5.91. The van der Waals surface area contributed by atoms with E-state index in [-0.39, 0.29) is 23.3 Å². The summed E-state index contributed by atoms with van der Waals surface area (Å²) in [7, 11) is 1.86. The van der Waals surface area contributed by atoms with Crippen LogP contribution in [0, 0.1) is 0 Å². The van der Waals surface area contributed by atoms with Gasteiger partial charge in [-0.1, -0.05) is 17.3 Å². The highest BCUT2D eigenvalue weighted by molar-refractivity contribution is 5.94. The molecule has 4 heterocycles. The van der Waals surface area contributed by atoms with Crippen molar-refractivity contribution >= 4 is 17.4 Å². The number of aryl methyl sites for hydroxylation is 1. The van der Waals surface area contributed by atoms with Crippen LogP contribution in [0.2, 0.25) is 0 Å². The predicted molar refractivity (Wildman–Crippen MR) is 155 cm³/mol. The summed E-state index contributed by atoms with van der Waals surface area (Å²) < 4.78 is 3.47. The first-order valence-electron chi connectivity index (χ1n) is 14.2. The lowest BCUT2D eigenvalue weighted by atomic mass is 9.87. The van der Waals surface area contributed by atoms with E-state index in [2.05, 4.69) is 48.8 Å². The molecule has 3 aromatic heterocycles. The number of rotatable bonds is 7. The number of hydrogen-bond acceptors (Lipinski definition) is 9. The SMILES string of the molecule is Cn1cc(Nc2nccc(-c3ccc4c(c3)CN(C3CC(O)C3)CCC4CC(=O)c3cn(C(C)(C)C)nn3)n2)cn1. The van der Waals surface area contributed by atoms with Crippen LogP contribution in [0.5, 0.6) is 0 Å². The molecular formula is C30H37N9O2. The van der Waals surface area contributed by atoms with Crippen LogP contribution >= 0.6 is 0 Å². The molecule has 4 aromatic rings. The van der Waals surface area contributed by atoms with E-state index >= 15 is 0 Å². The van der Waals surface area contributed by atoms with Crippen LogP contribution in [-0.4, -0.2) is 69.2 Å². The maximum absolute atomic E-state index is 13.4. The van der Waals surface area contributed by atoms with Crippen LogP contribution in [0.3, 0.4) is 0 Å². The number of anilines is 2. The second kappa shape index (κ2) is 10.8. The van der Waals surface area contributed by atoms with Crippen LogP contribution < -0.4 is 5.32 Å². The minimum Gasteiger partial charge on any atom is -0.393 e. The molecule has 0 spiro atoms. The molecule has 11 nitrogen and oxygen atoms in total. The Morgan fingerprint density at radius 3 is 2.71 bits per heavy atom. The van der Waals surface area contributed by atoms with E-state index < -0.39 is 0 Å². The van der Waals surface area contributed by atoms with Crippen LogP contribution in [0.15, 0.2) is 49.1 Å². The lowest BCUT2D eigenvalue weighted by Gasteiger charge is -2.40. The monoisotopic (exact) mass is 555 g/mol. The van der Waals surface area contributed by atoms with Crippen molar-refractivity contribution in [3.05, 3.63) is 65.9 Å². The maximum Gasteiger partial charge on any atom is 0.227 e. The van der Waals surface area contributed by atoms with Crippen molar-refractivity contribution in [3.63, 3.8) is 0 Å². The fourth-order valence-electron chi connectivity index (χ4n) is 5.70. The number of hydrogen-bond donors (Lipinski definition) is 2. The van der Waals surface area contributed by atoms with Crippen molar-refractivity contribution in [1.29, 1.82) is 0 Å². The van der Waals surface area contributed by atoms with E-state index in [1.165, 1.54) is 11.1 Å². The lowest BCUT2D eigenvalue weighted by molar-refractivity contribution is -0.00184. The molecule has 1 aromatic carbocycles. The Morgan fingerprint density at radius 1 is 1.17 bits per heavy atom. The van der Waals surface area contributed by atoms with Crippen LogP contribution in [0.25, 0.3) is 11.3 Å². The van der Waals surface area contributed by atoms with Crippen LogP contribution in [0.1, 0.15) is 74.0 Å². The number of carbonyl (C=O) groups is 1. The molecule has 0 amide bonds. The van der Waals surface area contributed by atoms with E-state index in [1.54, 1.807) is 28.0 Å². The zero-order valence-electron chi connectivity index (χ0n) is 24.0. The van der Waals surface area contributed by atoms with E-state index in [4.69, 9.17) is 4.98 Å². The maximum atomic E-state index is 13.4. The first-order valence-corrected chi connectivity index (χ1v) is 14.2. The summed E-state index contributed by atoms with van der Waals surface area (Å²) in [6.45, 7) is 7.77. The number of aliphatic hydroxyl groups excluding tert-OH is 1. The molecule has 1 saturated carbocycles. The first-order chi connectivity index (χ1) is 19.6. The normalized spacial score (nSPS) is 21.1. The van der Waals surface area contributed by atoms with Crippen LogP contribution in [-0.2, 0) is 19.1 Å². The molecule has 6 rings (SSSR count). The highest BCUT2D eigenvalue weighted by Gasteiger charge is 2.35. The summed E-state index contributed by atoms with van der Waals surface area (Å²) in [5.74, 6) is 0.576. The number of nitrogens with zero attached hydrogens (tertiary/aromatic N) is 8. The molecule has 214 valence electrons. The molecule has 0 saturated heterocycles. The van der Waals surface area contributed by atoms with E-state index in [0.29, 0.717) is 24.1 Å². The van der Waals surface area contributed by atoms with E-state index in [9.17, 15) is 9.90 Å². The van der Waals surface area contributed by atoms with Gasteiger partial charge in [0.1, 0.15) is 5.69 Å². The number of nitrogens with one attached hydrogen (secondary N) is 1. The second-order valence-electron chi connectivity index (χ2n) is 12.3. The topological polar surface area (TPSA) is 127 Å². The molecule has 1 aliphatic carbocycles. The van der Waals surface area contributed by atoms with Gasteiger partial charge in [-0.15, -0.1) is 5.10 Å². The second-order valence-corrected chi connectivity index (χ2v) is 12.3. The Kier molecular flexibility index (Phi) is 7.16.